The van der Waals surface area contributed by atoms with Gasteiger partial charge < -0.3 is 10.2 Å². The van der Waals surface area contributed by atoms with Crippen molar-refractivity contribution < 1.29 is 0 Å². The Balaban J connectivity index is 1.46. The Morgan fingerprint density at radius 3 is 2.47 bits per heavy atom. The van der Waals surface area contributed by atoms with Crippen molar-refractivity contribution in [2.75, 3.05) is 52.9 Å². The van der Waals surface area contributed by atoms with Crippen LogP contribution in [0.1, 0.15) is 19.3 Å². The molecule has 0 aromatic carbocycles. The molecule has 2 fully saturated rings. The van der Waals surface area contributed by atoms with Gasteiger partial charge in [-0.25, -0.2) is 0 Å². The minimum Gasteiger partial charge on any atom is -0.315 e. The van der Waals surface area contributed by atoms with E-state index in [4.69, 9.17) is 0 Å². The van der Waals surface area contributed by atoms with Gasteiger partial charge in [-0.1, -0.05) is 6.42 Å². The van der Waals surface area contributed by atoms with Crippen LogP contribution in [0.2, 0.25) is 0 Å². The van der Waals surface area contributed by atoms with E-state index in [9.17, 15) is 0 Å². The zero-order chi connectivity index (χ0) is 10.5. The predicted octanol–water partition coefficient (Wildman–Crippen LogP) is 0.623. The van der Waals surface area contributed by atoms with E-state index in [-0.39, 0.29) is 0 Å². The van der Waals surface area contributed by atoms with Crippen molar-refractivity contribution in [2.45, 2.75) is 19.3 Å². The van der Waals surface area contributed by atoms with Crippen molar-refractivity contribution in [3.63, 3.8) is 0 Å². The molecular weight excluding hydrogens is 186 g/mol. The third kappa shape index (κ3) is 3.74. The van der Waals surface area contributed by atoms with Gasteiger partial charge in [0.25, 0.3) is 0 Å². The molecule has 2 aliphatic rings. The summed E-state index contributed by atoms with van der Waals surface area (Å²) in [5, 5.41) is 3.59. The van der Waals surface area contributed by atoms with Crippen LogP contribution in [0.25, 0.3) is 0 Å². The number of piperazine rings is 1. The van der Waals surface area contributed by atoms with Gasteiger partial charge in [0.15, 0.2) is 0 Å². The Kier molecular flexibility index (Phi) is 4.42. The van der Waals surface area contributed by atoms with Crippen LogP contribution in [0, 0.1) is 5.92 Å². The molecule has 1 aliphatic heterocycles. The Bertz CT molecular complexity index is 172. The molecule has 1 N–H and O–H groups in total. The maximum absolute atomic E-state index is 3.59. The van der Waals surface area contributed by atoms with Gasteiger partial charge in [-0.15, -0.1) is 0 Å². The zero-order valence-electron chi connectivity index (χ0n) is 10.0. The molecule has 0 spiro atoms. The number of nitrogens with zero attached hydrogens (tertiary/aromatic N) is 2. The van der Waals surface area contributed by atoms with E-state index in [0.717, 1.165) is 5.92 Å². The fraction of sp³-hybridized carbons (Fsp3) is 1.00. The lowest BCUT2D eigenvalue weighted by molar-refractivity contribution is 0.153. The molecule has 3 nitrogen and oxygen atoms in total. The summed E-state index contributed by atoms with van der Waals surface area (Å²) in [5.41, 5.74) is 0. The fourth-order valence-corrected chi connectivity index (χ4v) is 2.31. The van der Waals surface area contributed by atoms with Crippen LogP contribution in [-0.4, -0.2) is 62.7 Å². The molecule has 1 saturated carbocycles. The highest BCUT2D eigenvalue weighted by Gasteiger charge is 2.17. The monoisotopic (exact) mass is 211 g/mol. The smallest absolute Gasteiger partial charge is 0.0110 e. The topological polar surface area (TPSA) is 18.5 Å². The van der Waals surface area contributed by atoms with E-state index >= 15 is 0 Å². The van der Waals surface area contributed by atoms with Crippen molar-refractivity contribution in [1.29, 1.82) is 0 Å². The molecule has 2 rings (SSSR count). The molecule has 0 unspecified atom stereocenters. The maximum Gasteiger partial charge on any atom is 0.0110 e. The highest BCUT2D eigenvalue weighted by atomic mass is 15.2. The molecule has 0 atom stereocenters. The average Bonchev–Trinajstić information content (AvgIpc) is 2.18. The van der Waals surface area contributed by atoms with E-state index in [1.807, 2.05) is 0 Å². The van der Waals surface area contributed by atoms with Gasteiger partial charge in [0.2, 0.25) is 0 Å². The van der Waals surface area contributed by atoms with Gasteiger partial charge in [-0.05, 0) is 32.4 Å². The second kappa shape index (κ2) is 5.83. The van der Waals surface area contributed by atoms with E-state index in [2.05, 4.69) is 22.2 Å². The van der Waals surface area contributed by atoms with Gasteiger partial charge >= 0.3 is 0 Å². The lowest BCUT2D eigenvalue weighted by Gasteiger charge is -2.32. The molecule has 15 heavy (non-hydrogen) atoms. The number of hydrogen-bond donors (Lipinski definition) is 1. The molecular formula is C12H25N3. The lowest BCUT2D eigenvalue weighted by atomic mass is 9.85. The average molecular weight is 211 g/mol. The van der Waals surface area contributed by atoms with Crippen molar-refractivity contribution in [2.24, 2.45) is 5.92 Å². The molecule has 1 saturated heterocycles. The first kappa shape index (κ1) is 11.4. The van der Waals surface area contributed by atoms with Gasteiger partial charge in [0, 0.05) is 39.3 Å². The lowest BCUT2D eigenvalue weighted by Crippen LogP contribution is -2.46. The summed E-state index contributed by atoms with van der Waals surface area (Å²) < 4.78 is 0. The summed E-state index contributed by atoms with van der Waals surface area (Å²) in [6, 6.07) is 0. The molecule has 0 radical (unpaired) electrons. The molecule has 0 aromatic heterocycles. The highest BCUT2D eigenvalue weighted by molar-refractivity contribution is 4.73. The number of likely N-dealkylation sites (N-methyl/N-ethyl adjacent to an activating group) is 1. The number of rotatable bonds is 5. The normalized spacial score (nSPS) is 25.4. The zero-order valence-corrected chi connectivity index (χ0v) is 10.0. The summed E-state index contributed by atoms with van der Waals surface area (Å²) in [4.78, 5) is 4.99. The van der Waals surface area contributed by atoms with Crippen LogP contribution in [0.15, 0.2) is 0 Å². The van der Waals surface area contributed by atoms with Crippen LogP contribution in [0.4, 0.5) is 0 Å². The standard InChI is InChI=1S/C12H25N3/c1-14-7-9-15(10-8-14)6-5-13-11-12-3-2-4-12/h12-13H,2-11H2,1H3. The second-order valence-electron chi connectivity index (χ2n) is 5.15. The molecule has 1 heterocycles. The predicted molar refractivity (Wildman–Crippen MR) is 64.1 cm³/mol. The second-order valence-corrected chi connectivity index (χ2v) is 5.15. The van der Waals surface area contributed by atoms with Crippen molar-refractivity contribution in [3.05, 3.63) is 0 Å². The van der Waals surface area contributed by atoms with Crippen LogP contribution >= 0.6 is 0 Å². The first-order valence-electron chi connectivity index (χ1n) is 6.46. The van der Waals surface area contributed by atoms with Gasteiger partial charge in [0.05, 0.1) is 0 Å². The highest BCUT2D eigenvalue weighted by Crippen LogP contribution is 2.24. The van der Waals surface area contributed by atoms with Crippen molar-refractivity contribution >= 4 is 0 Å². The van der Waals surface area contributed by atoms with E-state index in [0.29, 0.717) is 0 Å². The molecule has 0 aromatic rings. The molecule has 0 amide bonds. The Morgan fingerprint density at radius 2 is 1.87 bits per heavy atom. The van der Waals surface area contributed by atoms with Gasteiger partial charge in [-0.3, -0.25) is 4.90 Å². The van der Waals surface area contributed by atoms with Crippen LogP contribution in [0.3, 0.4) is 0 Å². The number of nitrogens with one attached hydrogen (secondary N) is 1. The summed E-state index contributed by atoms with van der Waals surface area (Å²) >= 11 is 0. The first-order chi connectivity index (χ1) is 7.34. The summed E-state index contributed by atoms with van der Waals surface area (Å²) in [7, 11) is 2.21. The largest absolute Gasteiger partial charge is 0.315 e. The van der Waals surface area contributed by atoms with E-state index in [1.165, 1.54) is 65.1 Å². The minimum absolute atomic E-state index is 0.998. The first-order valence-corrected chi connectivity index (χ1v) is 6.46. The SMILES string of the molecule is CN1CCN(CCNCC2CCC2)CC1. The Morgan fingerprint density at radius 1 is 1.13 bits per heavy atom. The molecule has 3 heteroatoms. The minimum atomic E-state index is 0.998. The maximum atomic E-state index is 3.59. The van der Waals surface area contributed by atoms with E-state index < -0.39 is 0 Å². The molecule has 1 aliphatic carbocycles. The fourth-order valence-electron chi connectivity index (χ4n) is 2.31. The Hall–Kier alpha value is -0.120. The van der Waals surface area contributed by atoms with Crippen molar-refractivity contribution in [1.82, 2.24) is 15.1 Å². The summed E-state index contributed by atoms with van der Waals surface area (Å²) in [5.74, 6) is 0.998. The van der Waals surface area contributed by atoms with Crippen LogP contribution in [0.5, 0.6) is 0 Å². The summed E-state index contributed by atoms with van der Waals surface area (Å²) in [6.07, 6.45) is 4.38. The molecule has 0 bridgehead atoms. The quantitative estimate of drug-likeness (QED) is 0.673. The third-order valence-corrected chi connectivity index (χ3v) is 3.86. The molecule has 88 valence electrons. The van der Waals surface area contributed by atoms with Crippen LogP contribution < -0.4 is 5.32 Å². The number of hydrogen-bond acceptors (Lipinski definition) is 3. The van der Waals surface area contributed by atoms with E-state index in [1.54, 1.807) is 0 Å². The Labute approximate surface area is 93.8 Å². The van der Waals surface area contributed by atoms with Crippen LogP contribution in [-0.2, 0) is 0 Å². The third-order valence-electron chi connectivity index (χ3n) is 3.86. The van der Waals surface area contributed by atoms with Gasteiger partial charge in [0.1, 0.15) is 0 Å². The summed E-state index contributed by atoms with van der Waals surface area (Å²) in [6.45, 7) is 8.66. The van der Waals surface area contributed by atoms with Gasteiger partial charge in [-0.2, -0.15) is 0 Å². The van der Waals surface area contributed by atoms with Crippen molar-refractivity contribution in [3.8, 4) is 0 Å².